The van der Waals surface area contributed by atoms with Crippen molar-refractivity contribution in [1.82, 2.24) is 24.8 Å². The largest absolute Gasteiger partial charge is 0.320 e. The SMILES string of the molecule is CNCc1nc2ncn(Cc3ccccc3)c2c(=O)[nH]1. The molecule has 0 aliphatic carbocycles. The quantitative estimate of drug-likeness (QED) is 0.737. The first kappa shape index (κ1) is 12.6. The van der Waals surface area contributed by atoms with E-state index < -0.39 is 0 Å². The monoisotopic (exact) mass is 269 g/mol. The maximum atomic E-state index is 12.2. The average molecular weight is 269 g/mol. The Balaban J connectivity index is 2.03. The highest BCUT2D eigenvalue weighted by Gasteiger charge is 2.10. The Kier molecular flexibility index (Phi) is 3.30. The van der Waals surface area contributed by atoms with Crippen LogP contribution in [-0.4, -0.2) is 26.6 Å². The Hall–Kier alpha value is -2.47. The first-order valence-electron chi connectivity index (χ1n) is 6.40. The van der Waals surface area contributed by atoms with E-state index in [0.717, 1.165) is 5.56 Å². The molecule has 0 saturated heterocycles. The summed E-state index contributed by atoms with van der Waals surface area (Å²) in [5.74, 6) is 0.593. The van der Waals surface area contributed by atoms with Gasteiger partial charge in [-0.3, -0.25) is 4.79 Å². The molecule has 20 heavy (non-hydrogen) atoms. The summed E-state index contributed by atoms with van der Waals surface area (Å²) in [5, 5.41) is 2.96. The molecule has 3 aromatic rings. The predicted molar refractivity (Wildman–Crippen MR) is 76.5 cm³/mol. The lowest BCUT2D eigenvalue weighted by Gasteiger charge is -2.04. The molecule has 0 aliphatic rings. The van der Waals surface area contributed by atoms with Gasteiger partial charge in [0.05, 0.1) is 12.9 Å². The molecule has 2 aromatic heterocycles. The van der Waals surface area contributed by atoms with Crippen LogP contribution in [0.15, 0.2) is 41.5 Å². The second-order valence-corrected chi connectivity index (χ2v) is 4.57. The van der Waals surface area contributed by atoms with Gasteiger partial charge in [0, 0.05) is 6.54 Å². The number of H-pyrrole nitrogens is 1. The molecule has 0 unspecified atom stereocenters. The molecule has 2 heterocycles. The molecule has 1 aromatic carbocycles. The van der Waals surface area contributed by atoms with Crippen LogP contribution < -0.4 is 10.9 Å². The van der Waals surface area contributed by atoms with Crippen molar-refractivity contribution in [2.75, 3.05) is 7.05 Å². The van der Waals surface area contributed by atoms with Crippen LogP contribution in [0.4, 0.5) is 0 Å². The van der Waals surface area contributed by atoms with Gasteiger partial charge in [0.2, 0.25) is 0 Å². The summed E-state index contributed by atoms with van der Waals surface area (Å²) in [6, 6.07) is 9.95. The van der Waals surface area contributed by atoms with Crippen LogP contribution in [0.2, 0.25) is 0 Å². The molecule has 0 saturated carbocycles. The number of benzene rings is 1. The summed E-state index contributed by atoms with van der Waals surface area (Å²) >= 11 is 0. The lowest BCUT2D eigenvalue weighted by atomic mass is 10.2. The van der Waals surface area contributed by atoms with Gasteiger partial charge in [-0.25, -0.2) is 9.97 Å². The minimum absolute atomic E-state index is 0.159. The van der Waals surface area contributed by atoms with Gasteiger partial charge in [-0.2, -0.15) is 0 Å². The Morgan fingerprint density at radius 3 is 2.85 bits per heavy atom. The predicted octanol–water partition coefficient (Wildman–Crippen LogP) is 0.887. The van der Waals surface area contributed by atoms with Gasteiger partial charge in [0.15, 0.2) is 11.2 Å². The normalized spacial score (nSPS) is 11.1. The average Bonchev–Trinajstić information content (AvgIpc) is 2.84. The van der Waals surface area contributed by atoms with Gasteiger partial charge < -0.3 is 14.9 Å². The summed E-state index contributed by atoms with van der Waals surface area (Å²) in [4.78, 5) is 23.5. The molecule has 102 valence electrons. The van der Waals surface area contributed by atoms with Gasteiger partial charge in [-0.05, 0) is 12.6 Å². The number of aromatic amines is 1. The number of nitrogens with zero attached hydrogens (tertiary/aromatic N) is 3. The number of hydrogen-bond donors (Lipinski definition) is 2. The lowest BCUT2D eigenvalue weighted by Crippen LogP contribution is -2.18. The summed E-state index contributed by atoms with van der Waals surface area (Å²) in [6.07, 6.45) is 1.66. The van der Waals surface area contributed by atoms with E-state index >= 15 is 0 Å². The van der Waals surface area contributed by atoms with E-state index in [1.807, 2.05) is 34.9 Å². The zero-order valence-electron chi connectivity index (χ0n) is 11.1. The van der Waals surface area contributed by atoms with Crippen LogP contribution >= 0.6 is 0 Å². The number of aromatic nitrogens is 4. The fourth-order valence-electron chi connectivity index (χ4n) is 2.18. The van der Waals surface area contributed by atoms with Crippen LogP contribution in [0.3, 0.4) is 0 Å². The molecule has 0 amide bonds. The van der Waals surface area contributed by atoms with Crippen molar-refractivity contribution < 1.29 is 0 Å². The molecule has 0 spiro atoms. The first-order chi connectivity index (χ1) is 9.78. The molecule has 6 nitrogen and oxygen atoms in total. The van der Waals surface area contributed by atoms with Crippen molar-refractivity contribution in [3.05, 3.63) is 58.4 Å². The minimum atomic E-state index is -0.159. The number of rotatable bonds is 4. The smallest absolute Gasteiger partial charge is 0.277 e. The van der Waals surface area contributed by atoms with Crippen molar-refractivity contribution in [2.24, 2.45) is 0 Å². The van der Waals surface area contributed by atoms with Crippen LogP contribution in [0.5, 0.6) is 0 Å². The molecule has 0 aliphatic heterocycles. The zero-order valence-corrected chi connectivity index (χ0v) is 11.1. The van der Waals surface area contributed by atoms with Crippen molar-refractivity contribution in [2.45, 2.75) is 13.1 Å². The van der Waals surface area contributed by atoms with Crippen molar-refractivity contribution in [1.29, 1.82) is 0 Å². The number of imidazole rings is 1. The highest BCUT2D eigenvalue weighted by molar-refractivity contribution is 5.69. The molecular formula is C14H15N5O. The second-order valence-electron chi connectivity index (χ2n) is 4.57. The van der Waals surface area contributed by atoms with Gasteiger partial charge in [-0.1, -0.05) is 30.3 Å². The van der Waals surface area contributed by atoms with Crippen LogP contribution in [0.1, 0.15) is 11.4 Å². The summed E-state index contributed by atoms with van der Waals surface area (Å²) in [5.41, 5.74) is 1.95. The van der Waals surface area contributed by atoms with Crippen molar-refractivity contribution in [3.63, 3.8) is 0 Å². The van der Waals surface area contributed by atoms with E-state index in [4.69, 9.17) is 0 Å². The number of fused-ring (bicyclic) bond motifs is 1. The summed E-state index contributed by atoms with van der Waals surface area (Å²) < 4.78 is 1.82. The van der Waals surface area contributed by atoms with E-state index in [1.165, 1.54) is 0 Å². The van der Waals surface area contributed by atoms with Gasteiger partial charge >= 0.3 is 0 Å². The van der Waals surface area contributed by atoms with Crippen LogP contribution in [-0.2, 0) is 13.1 Å². The maximum Gasteiger partial charge on any atom is 0.277 e. The fraction of sp³-hybridized carbons (Fsp3) is 0.214. The van der Waals surface area contributed by atoms with E-state index in [0.29, 0.717) is 30.1 Å². The van der Waals surface area contributed by atoms with E-state index in [9.17, 15) is 4.79 Å². The highest BCUT2D eigenvalue weighted by atomic mass is 16.1. The molecule has 3 rings (SSSR count). The topological polar surface area (TPSA) is 75.6 Å². The Morgan fingerprint density at radius 2 is 2.10 bits per heavy atom. The standard InChI is InChI=1S/C14H15N5O/c1-15-7-11-17-13-12(14(20)18-11)19(9-16-13)8-10-5-3-2-4-6-10/h2-6,9,15H,7-8H2,1H3,(H,17,18,20). The highest BCUT2D eigenvalue weighted by Crippen LogP contribution is 2.09. The van der Waals surface area contributed by atoms with E-state index in [1.54, 1.807) is 13.4 Å². The van der Waals surface area contributed by atoms with E-state index in [2.05, 4.69) is 20.3 Å². The van der Waals surface area contributed by atoms with Gasteiger partial charge in [0.1, 0.15) is 5.82 Å². The van der Waals surface area contributed by atoms with E-state index in [-0.39, 0.29) is 5.56 Å². The van der Waals surface area contributed by atoms with Gasteiger partial charge in [0.25, 0.3) is 5.56 Å². The van der Waals surface area contributed by atoms with Crippen molar-refractivity contribution in [3.8, 4) is 0 Å². The summed E-state index contributed by atoms with van der Waals surface area (Å²) in [6.45, 7) is 1.12. The Labute approximate surface area is 115 Å². The Morgan fingerprint density at radius 1 is 1.30 bits per heavy atom. The third-order valence-electron chi connectivity index (χ3n) is 3.07. The number of nitrogens with one attached hydrogen (secondary N) is 2. The third kappa shape index (κ3) is 2.33. The zero-order chi connectivity index (χ0) is 13.9. The molecule has 0 atom stereocenters. The minimum Gasteiger partial charge on any atom is -0.320 e. The fourth-order valence-corrected chi connectivity index (χ4v) is 2.18. The maximum absolute atomic E-state index is 12.2. The second kappa shape index (κ2) is 5.26. The molecular weight excluding hydrogens is 254 g/mol. The molecule has 0 radical (unpaired) electrons. The molecule has 2 N–H and O–H groups in total. The van der Waals surface area contributed by atoms with Crippen LogP contribution in [0.25, 0.3) is 11.2 Å². The third-order valence-corrected chi connectivity index (χ3v) is 3.07. The van der Waals surface area contributed by atoms with Crippen molar-refractivity contribution >= 4 is 11.2 Å². The lowest BCUT2D eigenvalue weighted by molar-refractivity contribution is 0.756. The Bertz CT molecular complexity index is 775. The summed E-state index contributed by atoms with van der Waals surface area (Å²) in [7, 11) is 1.80. The number of hydrogen-bond acceptors (Lipinski definition) is 4. The van der Waals surface area contributed by atoms with Gasteiger partial charge in [-0.15, -0.1) is 0 Å². The first-order valence-corrected chi connectivity index (χ1v) is 6.40. The molecule has 0 bridgehead atoms. The molecule has 6 heteroatoms. The molecule has 0 fully saturated rings. The van der Waals surface area contributed by atoms with Crippen LogP contribution in [0, 0.1) is 0 Å².